The number of nitrogens with two attached hydrogens (primary N) is 1. The molecule has 2 rings (SSSR count). The van der Waals surface area contributed by atoms with Crippen molar-refractivity contribution in [2.45, 2.75) is 26.7 Å². The molecule has 5 heteroatoms. The van der Waals surface area contributed by atoms with E-state index in [1.54, 1.807) is 6.92 Å². The van der Waals surface area contributed by atoms with Crippen molar-refractivity contribution in [3.63, 3.8) is 0 Å². The van der Waals surface area contributed by atoms with Crippen LogP contribution in [0.25, 0.3) is 11.3 Å². The molecule has 1 aromatic heterocycles. The van der Waals surface area contributed by atoms with Crippen molar-refractivity contribution < 1.29 is 9.53 Å². The van der Waals surface area contributed by atoms with Crippen molar-refractivity contribution in [1.82, 2.24) is 10.2 Å². The van der Waals surface area contributed by atoms with Gasteiger partial charge in [0.1, 0.15) is 5.69 Å². The smallest absolute Gasteiger partial charge is 0.358 e. The van der Waals surface area contributed by atoms with Gasteiger partial charge in [-0.05, 0) is 18.4 Å². The number of carbonyl (C=O) groups is 1. The highest BCUT2D eigenvalue weighted by atomic mass is 16.5. The highest BCUT2D eigenvalue weighted by Crippen LogP contribution is 2.27. The average molecular weight is 273 g/mol. The molecule has 2 aromatic rings. The van der Waals surface area contributed by atoms with E-state index in [9.17, 15) is 4.79 Å². The van der Waals surface area contributed by atoms with Gasteiger partial charge in [0.25, 0.3) is 0 Å². The number of esters is 1. The number of hydrogen-bond donors (Lipinski definition) is 2. The predicted molar refractivity (Wildman–Crippen MR) is 78.5 cm³/mol. The molecule has 20 heavy (non-hydrogen) atoms. The zero-order valence-electron chi connectivity index (χ0n) is 11.9. The first-order valence-corrected chi connectivity index (χ1v) is 6.65. The third-order valence-electron chi connectivity index (χ3n) is 3.13. The third kappa shape index (κ3) is 2.66. The van der Waals surface area contributed by atoms with E-state index in [1.807, 2.05) is 24.3 Å². The molecule has 0 saturated carbocycles. The molecular formula is C15H19N3O2. The molecule has 0 aliphatic heterocycles. The topological polar surface area (TPSA) is 81.0 Å². The summed E-state index contributed by atoms with van der Waals surface area (Å²) in [6, 6.07) is 7.99. The number of nitrogens with zero attached hydrogens (tertiary/aromatic N) is 1. The van der Waals surface area contributed by atoms with Gasteiger partial charge in [0, 0.05) is 5.56 Å². The van der Waals surface area contributed by atoms with Gasteiger partial charge in [-0.25, -0.2) is 4.79 Å². The van der Waals surface area contributed by atoms with Crippen molar-refractivity contribution in [1.29, 1.82) is 0 Å². The summed E-state index contributed by atoms with van der Waals surface area (Å²) < 4.78 is 4.92. The van der Waals surface area contributed by atoms with Crippen LogP contribution >= 0.6 is 0 Å². The number of aromatic amines is 1. The maximum absolute atomic E-state index is 11.7. The van der Waals surface area contributed by atoms with Gasteiger partial charge in [0.15, 0.2) is 5.69 Å². The second-order valence-corrected chi connectivity index (χ2v) is 4.86. The second-order valence-electron chi connectivity index (χ2n) is 4.86. The van der Waals surface area contributed by atoms with Crippen molar-refractivity contribution in [3.05, 3.63) is 35.5 Å². The third-order valence-corrected chi connectivity index (χ3v) is 3.13. The number of benzene rings is 1. The summed E-state index contributed by atoms with van der Waals surface area (Å²) >= 11 is 0. The maximum atomic E-state index is 11.7. The Morgan fingerprint density at radius 1 is 1.35 bits per heavy atom. The molecule has 3 N–H and O–H groups in total. The summed E-state index contributed by atoms with van der Waals surface area (Å²) in [5.41, 5.74) is 9.18. The van der Waals surface area contributed by atoms with Crippen LogP contribution in [0, 0.1) is 0 Å². The number of aromatic nitrogens is 2. The lowest BCUT2D eigenvalue weighted by atomic mass is 10.0. The molecule has 0 unspecified atom stereocenters. The molecule has 106 valence electrons. The predicted octanol–water partition coefficient (Wildman–Crippen LogP) is 2.96. The van der Waals surface area contributed by atoms with E-state index < -0.39 is 5.97 Å². The Morgan fingerprint density at radius 2 is 2.00 bits per heavy atom. The quantitative estimate of drug-likeness (QED) is 0.839. The van der Waals surface area contributed by atoms with Crippen LogP contribution in [0.15, 0.2) is 24.3 Å². The Labute approximate surface area is 118 Å². The minimum atomic E-state index is -0.484. The van der Waals surface area contributed by atoms with Crippen LogP contribution in [0.3, 0.4) is 0 Å². The Hall–Kier alpha value is -2.30. The number of nitrogen functional groups attached to an aromatic ring is 1. The van der Waals surface area contributed by atoms with E-state index in [0.29, 0.717) is 23.9 Å². The number of nitrogens with one attached hydrogen (secondary N) is 1. The van der Waals surface area contributed by atoms with Gasteiger partial charge in [-0.3, -0.25) is 5.10 Å². The molecule has 0 spiro atoms. The van der Waals surface area contributed by atoms with Crippen LogP contribution in [0.5, 0.6) is 0 Å². The van der Waals surface area contributed by atoms with Gasteiger partial charge < -0.3 is 10.5 Å². The minimum absolute atomic E-state index is 0.204. The molecule has 0 fully saturated rings. The Morgan fingerprint density at radius 3 is 2.55 bits per heavy atom. The SMILES string of the molecule is CCOC(=O)c1[nH]nc(-c2ccc(C(C)C)cc2)c1N. The molecule has 5 nitrogen and oxygen atoms in total. The molecule has 1 heterocycles. The van der Waals surface area contributed by atoms with Crippen LogP contribution in [0.1, 0.15) is 42.7 Å². The summed E-state index contributed by atoms with van der Waals surface area (Å²) in [7, 11) is 0. The van der Waals surface area contributed by atoms with Gasteiger partial charge in [0.05, 0.1) is 12.3 Å². The number of H-pyrrole nitrogens is 1. The number of ether oxygens (including phenoxy) is 1. The molecule has 0 aliphatic rings. The van der Waals surface area contributed by atoms with E-state index in [-0.39, 0.29) is 5.69 Å². The van der Waals surface area contributed by atoms with Crippen LogP contribution < -0.4 is 5.73 Å². The Bertz CT molecular complexity index is 600. The van der Waals surface area contributed by atoms with Gasteiger partial charge in [0.2, 0.25) is 0 Å². The van der Waals surface area contributed by atoms with Crippen molar-refractivity contribution in [2.24, 2.45) is 0 Å². The standard InChI is InChI=1S/C15H19N3O2/c1-4-20-15(19)14-12(16)13(17-18-14)11-7-5-10(6-8-11)9(2)3/h5-9H,4,16H2,1-3H3,(H,17,18). The van der Waals surface area contributed by atoms with E-state index in [2.05, 4.69) is 24.0 Å². The van der Waals surface area contributed by atoms with E-state index in [4.69, 9.17) is 10.5 Å². The van der Waals surface area contributed by atoms with E-state index in [1.165, 1.54) is 5.56 Å². The first-order chi connectivity index (χ1) is 9.54. The van der Waals surface area contributed by atoms with Crippen LogP contribution in [-0.2, 0) is 4.74 Å². The number of hydrogen-bond acceptors (Lipinski definition) is 4. The van der Waals surface area contributed by atoms with Gasteiger partial charge in [-0.1, -0.05) is 38.1 Å². The monoisotopic (exact) mass is 273 g/mol. The van der Waals surface area contributed by atoms with Crippen molar-refractivity contribution >= 4 is 11.7 Å². The summed E-state index contributed by atoms with van der Waals surface area (Å²) in [4.78, 5) is 11.7. The summed E-state index contributed by atoms with van der Waals surface area (Å²) in [6.45, 7) is 6.32. The number of anilines is 1. The van der Waals surface area contributed by atoms with Crippen LogP contribution in [0.4, 0.5) is 5.69 Å². The highest BCUT2D eigenvalue weighted by Gasteiger charge is 2.18. The average Bonchev–Trinajstić information content (AvgIpc) is 2.81. The molecule has 0 bridgehead atoms. The molecule has 1 aromatic carbocycles. The zero-order chi connectivity index (χ0) is 14.7. The van der Waals surface area contributed by atoms with E-state index >= 15 is 0 Å². The Kier molecular flexibility index (Phi) is 4.08. The maximum Gasteiger partial charge on any atom is 0.358 e. The summed E-state index contributed by atoms with van der Waals surface area (Å²) in [6.07, 6.45) is 0. The minimum Gasteiger partial charge on any atom is -0.461 e. The first-order valence-electron chi connectivity index (χ1n) is 6.65. The van der Waals surface area contributed by atoms with Gasteiger partial charge in [-0.2, -0.15) is 5.10 Å². The Balaban J connectivity index is 2.32. The molecule has 0 amide bonds. The highest BCUT2D eigenvalue weighted by molar-refractivity contribution is 5.96. The van der Waals surface area contributed by atoms with Crippen molar-refractivity contribution in [2.75, 3.05) is 12.3 Å². The molecular weight excluding hydrogens is 254 g/mol. The number of carbonyl (C=O) groups excluding carboxylic acids is 1. The lowest BCUT2D eigenvalue weighted by Crippen LogP contribution is -2.07. The fraction of sp³-hybridized carbons (Fsp3) is 0.333. The second kappa shape index (κ2) is 5.77. The zero-order valence-corrected chi connectivity index (χ0v) is 11.9. The van der Waals surface area contributed by atoms with E-state index in [0.717, 1.165) is 5.56 Å². The van der Waals surface area contributed by atoms with Gasteiger partial charge >= 0.3 is 5.97 Å². The fourth-order valence-electron chi connectivity index (χ4n) is 1.96. The van der Waals surface area contributed by atoms with Gasteiger partial charge in [-0.15, -0.1) is 0 Å². The lowest BCUT2D eigenvalue weighted by Gasteiger charge is -2.06. The number of rotatable bonds is 4. The van der Waals surface area contributed by atoms with Crippen LogP contribution in [0.2, 0.25) is 0 Å². The molecule has 0 atom stereocenters. The fourth-order valence-corrected chi connectivity index (χ4v) is 1.96. The molecule has 0 saturated heterocycles. The largest absolute Gasteiger partial charge is 0.461 e. The molecule has 0 radical (unpaired) electrons. The van der Waals surface area contributed by atoms with Crippen molar-refractivity contribution in [3.8, 4) is 11.3 Å². The lowest BCUT2D eigenvalue weighted by molar-refractivity contribution is 0.0520. The molecule has 0 aliphatic carbocycles. The summed E-state index contributed by atoms with van der Waals surface area (Å²) in [5.74, 6) is -0.0155. The normalized spacial score (nSPS) is 10.8. The first kappa shape index (κ1) is 14.1. The summed E-state index contributed by atoms with van der Waals surface area (Å²) in [5, 5.41) is 6.76. The van der Waals surface area contributed by atoms with Crippen LogP contribution in [-0.4, -0.2) is 22.8 Å².